The molecule has 152 valence electrons. The summed E-state index contributed by atoms with van der Waals surface area (Å²) >= 11 is 0. The van der Waals surface area contributed by atoms with E-state index in [0.717, 1.165) is 28.8 Å². The molecule has 2 aromatic carbocycles. The van der Waals surface area contributed by atoms with Gasteiger partial charge < -0.3 is 14.8 Å². The Morgan fingerprint density at radius 2 is 1.79 bits per heavy atom. The zero-order chi connectivity index (χ0) is 21.0. The molecule has 0 atom stereocenters. The van der Waals surface area contributed by atoms with Crippen LogP contribution in [0.15, 0.2) is 48.5 Å². The highest BCUT2D eigenvalue weighted by Crippen LogP contribution is 2.16. The molecule has 0 saturated heterocycles. The molecule has 6 heteroatoms. The number of carbonyl (C=O) groups excluding carboxylic acids is 2. The number of para-hydroxylation sites is 2. The fourth-order valence-electron chi connectivity index (χ4n) is 3.18. The van der Waals surface area contributed by atoms with Crippen LogP contribution in [0.25, 0.3) is 11.0 Å². The van der Waals surface area contributed by atoms with E-state index >= 15 is 0 Å². The summed E-state index contributed by atoms with van der Waals surface area (Å²) in [5.41, 5.74) is 3.47. The normalized spacial score (nSPS) is 11.1. The van der Waals surface area contributed by atoms with Gasteiger partial charge in [-0.15, -0.1) is 0 Å². The van der Waals surface area contributed by atoms with Gasteiger partial charge in [0.05, 0.1) is 11.0 Å². The summed E-state index contributed by atoms with van der Waals surface area (Å²) in [6, 6.07) is 15.4. The Bertz CT molecular complexity index is 1010. The average Bonchev–Trinajstić information content (AvgIpc) is 3.09. The predicted molar refractivity (Wildman–Crippen MR) is 115 cm³/mol. The molecule has 1 aromatic heterocycles. The van der Waals surface area contributed by atoms with E-state index in [2.05, 4.69) is 10.3 Å². The lowest BCUT2D eigenvalue weighted by Gasteiger charge is -2.21. The lowest BCUT2D eigenvalue weighted by atomic mass is 10.1. The maximum atomic E-state index is 12.5. The van der Waals surface area contributed by atoms with Crippen molar-refractivity contribution in [3.8, 4) is 0 Å². The van der Waals surface area contributed by atoms with Gasteiger partial charge in [0.15, 0.2) is 0 Å². The van der Waals surface area contributed by atoms with Crippen LogP contribution in [0.2, 0.25) is 0 Å². The summed E-state index contributed by atoms with van der Waals surface area (Å²) in [6.07, 6.45) is 0.766. The van der Waals surface area contributed by atoms with Crippen LogP contribution in [0.3, 0.4) is 0 Å². The quantitative estimate of drug-likeness (QED) is 0.670. The number of aryl methyl sites for hydroxylation is 1. The van der Waals surface area contributed by atoms with Crippen LogP contribution in [0.4, 0.5) is 0 Å². The number of amides is 2. The fourth-order valence-corrected chi connectivity index (χ4v) is 3.18. The van der Waals surface area contributed by atoms with Crippen molar-refractivity contribution in [2.24, 2.45) is 0 Å². The van der Waals surface area contributed by atoms with Gasteiger partial charge >= 0.3 is 0 Å². The van der Waals surface area contributed by atoms with Crippen molar-refractivity contribution < 1.29 is 9.59 Å². The SMILES string of the molecule is CCc1nc2ccccc2n1CC(=O)NCc1ccc(C(=O)N(C)C(C)C)cc1. The van der Waals surface area contributed by atoms with E-state index in [1.165, 1.54) is 0 Å². The van der Waals surface area contributed by atoms with Crippen LogP contribution < -0.4 is 5.32 Å². The molecule has 0 aliphatic rings. The number of aromatic nitrogens is 2. The van der Waals surface area contributed by atoms with Crippen LogP contribution in [0, 0.1) is 0 Å². The van der Waals surface area contributed by atoms with Gasteiger partial charge in [0.2, 0.25) is 5.91 Å². The number of carbonyl (C=O) groups is 2. The number of benzene rings is 2. The largest absolute Gasteiger partial charge is 0.350 e. The van der Waals surface area contributed by atoms with Crippen LogP contribution in [-0.4, -0.2) is 39.4 Å². The van der Waals surface area contributed by atoms with Gasteiger partial charge in [-0.05, 0) is 43.7 Å². The molecule has 3 aromatic rings. The van der Waals surface area contributed by atoms with Crippen molar-refractivity contribution in [3.63, 3.8) is 0 Å². The van der Waals surface area contributed by atoms with Crippen molar-refractivity contribution in [1.82, 2.24) is 19.8 Å². The number of nitrogens with one attached hydrogen (secondary N) is 1. The van der Waals surface area contributed by atoms with E-state index in [9.17, 15) is 9.59 Å². The molecule has 0 bridgehead atoms. The second-order valence-electron chi connectivity index (χ2n) is 7.44. The molecule has 6 nitrogen and oxygen atoms in total. The van der Waals surface area contributed by atoms with Crippen LogP contribution in [0.5, 0.6) is 0 Å². The Morgan fingerprint density at radius 1 is 1.10 bits per heavy atom. The molecule has 0 spiro atoms. The molecule has 0 aliphatic heterocycles. The van der Waals surface area contributed by atoms with Crippen LogP contribution in [-0.2, 0) is 24.3 Å². The number of imidazole rings is 1. The molecule has 0 radical (unpaired) electrons. The molecule has 0 fully saturated rings. The summed E-state index contributed by atoms with van der Waals surface area (Å²) < 4.78 is 1.97. The average molecular weight is 393 g/mol. The van der Waals surface area contributed by atoms with Crippen molar-refractivity contribution >= 4 is 22.8 Å². The molecular weight excluding hydrogens is 364 g/mol. The monoisotopic (exact) mass is 392 g/mol. The highest BCUT2D eigenvalue weighted by Gasteiger charge is 2.15. The molecule has 1 N–H and O–H groups in total. The van der Waals surface area contributed by atoms with Crippen LogP contribution in [0.1, 0.15) is 42.5 Å². The minimum Gasteiger partial charge on any atom is -0.350 e. The van der Waals surface area contributed by atoms with E-state index in [-0.39, 0.29) is 24.4 Å². The minimum absolute atomic E-state index is 0.00494. The highest BCUT2D eigenvalue weighted by molar-refractivity contribution is 5.94. The van der Waals surface area contributed by atoms with E-state index in [0.29, 0.717) is 12.1 Å². The lowest BCUT2D eigenvalue weighted by molar-refractivity contribution is -0.121. The molecule has 2 amide bonds. The first-order chi connectivity index (χ1) is 13.9. The number of hydrogen-bond donors (Lipinski definition) is 1. The maximum absolute atomic E-state index is 12.5. The first-order valence-electron chi connectivity index (χ1n) is 9.97. The topological polar surface area (TPSA) is 67.2 Å². The smallest absolute Gasteiger partial charge is 0.253 e. The van der Waals surface area contributed by atoms with Gasteiger partial charge in [0.25, 0.3) is 5.91 Å². The Labute approximate surface area is 171 Å². The third-order valence-electron chi connectivity index (χ3n) is 5.14. The lowest BCUT2D eigenvalue weighted by Crippen LogP contribution is -2.33. The minimum atomic E-state index is -0.0671. The molecule has 3 rings (SSSR count). The zero-order valence-electron chi connectivity index (χ0n) is 17.5. The maximum Gasteiger partial charge on any atom is 0.253 e. The first kappa shape index (κ1) is 20.6. The summed E-state index contributed by atoms with van der Waals surface area (Å²) in [6.45, 7) is 6.65. The number of rotatable bonds is 7. The third kappa shape index (κ3) is 4.65. The van der Waals surface area contributed by atoms with Gasteiger partial charge in [-0.2, -0.15) is 0 Å². The van der Waals surface area contributed by atoms with Gasteiger partial charge in [0.1, 0.15) is 12.4 Å². The number of hydrogen-bond acceptors (Lipinski definition) is 3. The van der Waals surface area contributed by atoms with E-state index in [1.54, 1.807) is 24.1 Å². The Hall–Kier alpha value is -3.15. The van der Waals surface area contributed by atoms with Crippen molar-refractivity contribution in [2.45, 2.75) is 46.3 Å². The van der Waals surface area contributed by atoms with Crippen molar-refractivity contribution in [2.75, 3.05) is 7.05 Å². The summed E-state index contributed by atoms with van der Waals surface area (Å²) in [5, 5.41) is 2.96. The zero-order valence-corrected chi connectivity index (χ0v) is 17.5. The number of nitrogens with zero attached hydrogens (tertiary/aromatic N) is 3. The first-order valence-corrected chi connectivity index (χ1v) is 9.97. The molecular formula is C23H28N4O2. The van der Waals surface area contributed by atoms with Crippen molar-refractivity contribution in [3.05, 3.63) is 65.5 Å². The standard InChI is InChI=1S/C23H28N4O2/c1-5-21-25-19-8-6-7-9-20(19)27(21)15-22(28)24-14-17-10-12-18(13-11-17)23(29)26(4)16(2)3/h6-13,16H,5,14-15H2,1-4H3,(H,24,28). The predicted octanol–water partition coefficient (Wildman–Crippen LogP) is 3.40. The van der Waals surface area contributed by atoms with Crippen molar-refractivity contribution in [1.29, 1.82) is 0 Å². The van der Waals surface area contributed by atoms with Gasteiger partial charge in [0, 0.05) is 31.6 Å². The van der Waals surface area contributed by atoms with E-state index in [1.807, 2.05) is 61.7 Å². The Kier molecular flexibility index (Phi) is 6.32. The Balaban J connectivity index is 1.62. The molecule has 0 unspecified atom stereocenters. The van der Waals surface area contributed by atoms with E-state index in [4.69, 9.17) is 0 Å². The summed E-state index contributed by atoms with van der Waals surface area (Å²) in [4.78, 5) is 31.2. The molecule has 1 heterocycles. The molecule has 0 aliphatic carbocycles. The second-order valence-corrected chi connectivity index (χ2v) is 7.44. The van der Waals surface area contributed by atoms with E-state index < -0.39 is 0 Å². The molecule has 0 saturated carbocycles. The highest BCUT2D eigenvalue weighted by atomic mass is 16.2. The van der Waals surface area contributed by atoms with Gasteiger partial charge in [-0.1, -0.05) is 31.2 Å². The van der Waals surface area contributed by atoms with Crippen LogP contribution >= 0.6 is 0 Å². The second kappa shape index (κ2) is 8.90. The molecule has 29 heavy (non-hydrogen) atoms. The third-order valence-corrected chi connectivity index (χ3v) is 5.14. The number of fused-ring (bicyclic) bond motifs is 1. The fraction of sp³-hybridized carbons (Fsp3) is 0.348. The summed E-state index contributed by atoms with van der Waals surface area (Å²) in [7, 11) is 1.80. The van der Waals surface area contributed by atoms with Gasteiger partial charge in [-0.3, -0.25) is 9.59 Å². The van der Waals surface area contributed by atoms with Gasteiger partial charge in [-0.25, -0.2) is 4.98 Å². The Morgan fingerprint density at radius 3 is 2.45 bits per heavy atom. The summed E-state index contributed by atoms with van der Waals surface area (Å²) in [5.74, 6) is 0.829.